The average Bonchev–Trinajstić information content (AvgIpc) is 1.35. The number of carbonyl (C=O) groups excluding carboxylic acids is 1. The molecule has 0 saturated carbocycles. The van der Waals surface area contributed by atoms with Gasteiger partial charge in [-0.1, -0.05) is 6.92 Å². The molecule has 0 radical (unpaired) electrons. The van der Waals surface area contributed by atoms with Gasteiger partial charge in [0.15, 0.2) is 0 Å². The Labute approximate surface area is 63.3 Å². The van der Waals surface area contributed by atoms with Crippen LogP contribution in [0.15, 0.2) is 0 Å². The van der Waals surface area contributed by atoms with E-state index < -0.39 is 0 Å². The molecule has 0 aliphatic heterocycles. The van der Waals surface area contributed by atoms with Crippen LogP contribution in [0.5, 0.6) is 0 Å². The number of hydrogen-bond donors (Lipinski definition) is 0. The molecular weight excluding hydrogens is 255 g/mol. The zero-order chi connectivity index (χ0) is 4.99. The van der Waals surface area contributed by atoms with E-state index >= 15 is 0 Å². The summed E-state index contributed by atoms with van der Waals surface area (Å²) >= 11 is 0. The summed E-state index contributed by atoms with van der Waals surface area (Å²) in [6.07, 6.45) is 1.72. The molecule has 0 atom stereocenters. The summed E-state index contributed by atoms with van der Waals surface area (Å²) in [5.74, 6) is 0.289. The molecule has 0 N–H and O–H groups in total. The van der Waals surface area contributed by atoms with E-state index in [1.165, 1.54) is 0 Å². The molecule has 0 aromatic rings. The van der Waals surface area contributed by atoms with E-state index in [4.69, 9.17) is 0 Å². The number of carbonyl (C=O) groups is 1. The van der Waals surface area contributed by atoms with Crippen molar-refractivity contribution in [2.45, 2.75) is 26.7 Å². The first-order valence-corrected chi connectivity index (χ1v) is 2.26. The SMILES string of the molecule is CCCC(C)=O.[Hf]. The van der Waals surface area contributed by atoms with Gasteiger partial charge in [-0.2, -0.15) is 0 Å². The van der Waals surface area contributed by atoms with Crippen LogP contribution in [0.25, 0.3) is 0 Å². The van der Waals surface area contributed by atoms with Crippen LogP contribution in [0.4, 0.5) is 0 Å². The van der Waals surface area contributed by atoms with Gasteiger partial charge in [0.05, 0.1) is 0 Å². The van der Waals surface area contributed by atoms with Crippen LogP contribution >= 0.6 is 0 Å². The molecule has 7 heavy (non-hydrogen) atoms. The Morgan fingerprint density at radius 2 is 2.00 bits per heavy atom. The first-order chi connectivity index (χ1) is 2.77. The van der Waals surface area contributed by atoms with Crippen LogP contribution in [0.3, 0.4) is 0 Å². The van der Waals surface area contributed by atoms with Gasteiger partial charge in [0.1, 0.15) is 5.78 Å². The molecule has 0 rings (SSSR count). The fraction of sp³-hybridized carbons (Fsp3) is 0.800. The number of hydrogen-bond acceptors (Lipinski definition) is 1. The topological polar surface area (TPSA) is 17.1 Å². The second-order valence-corrected chi connectivity index (χ2v) is 1.45. The van der Waals surface area contributed by atoms with E-state index in [9.17, 15) is 4.79 Å². The fourth-order valence-corrected chi connectivity index (χ4v) is 0.352. The molecule has 0 bridgehead atoms. The minimum absolute atomic E-state index is 0. The standard InChI is InChI=1S/C5H10O.Hf/c1-3-4-5(2)6;/h3-4H2,1-2H3;. The Balaban J connectivity index is 0. The van der Waals surface area contributed by atoms with Gasteiger partial charge in [0.2, 0.25) is 0 Å². The number of ketones is 1. The molecule has 0 aromatic heterocycles. The van der Waals surface area contributed by atoms with Gasteiger partial charge in [-0.15, -0.1) is 0 Å². The quantitative estimate of drug-likeness (QED) is 0.689. The summed E-state index contributed by atoms with van der Waals surface area (Å²) < 4.78 is 0. The van der Waals surface area contributed by atoms with Crippen molar-refractivity contribution in [3.63, 3.8) is 0 Å². The molecule has 2 heteroatoms. The van der Waals surface area contributed by atoms with E-state index in [-0.39, 0.29) is 31.6 Å². The van der Waals surface area contributed by atoms with Gasteiger partial charge < -0.3 is 4.79 Å². The summed E-state index contributed by atoms with van der Waals surface area (Å²) in [7, 11) is 0. The fourth-order valence-electron chi connectivity index (χ4n) is 0.352. The molecule has 40 valence electrons. The van der Waals surface area contributed by atoms with Crippen molar-refractivity contribution >= 4 is 5.78 Å². The average molecular weight is 265 g/mol. The maximum absolute atomic E-state index is 10.0. The molecule has 0 saturated heterocycles. The number of rotatable bonds is 2. The van der Waals surface area contributed by atoms with Gasteiger partial charge in [-0.05, 0) is 13.3 Å². The third-order valence-electron chi connectivity index (χ3n) is 0.602. The zero-order valence-corrected chi connectivity index (χ0v) is 8.42. The first kappa shape index (κ1) is 10.5. The summed E-state index contributed by atoms with van der Waals surface area (Å²) in [6.45, 7) is 3.62. The third kappa shape index (κ3) is 10.8. The summed E-state index contributed by atoms with van der Waals surface area (Å²) in [4.78, 5) is 10.0. The molecule has 0 unspecified atom stereocenters. The molecule has 1 nitrogen and oxygen atoms in total. The Kier molecular flexibility index (Phi) is 9.82. The van der Waals surface area contributed by atoms with Gasteiger partial charge in [-0.3, -0.25) is 0 Å². The molecule has 0 aromatic carbocycles. The summed E-state index contributed by atoms with van der Waals surface area (Å²) in [5, 5.41) is 0. The van der Waals surface area contributed by atoms with E-state index in [0.717, 1.165) is 12.8 Å². The van der Waals surface area contributed by atoms with Gasteiger partial charge in [-0.25, -0.2) is 0 Å². The Bertz CT molecular complexity index is 52.0. The minimum atomic E-state index is 0. The normalized spacial score (nSPS) is 7.14. The maximum atomic E-state index is 10.0. The second kappa shape index (κ2) is 6.54. The third-order valence-corrected chi connectivity index (χ3v) is 0.602. The van der Waals surface area contributed by atoms with Gasteiger partial charge >= 0.3 is 0 Å². The van der Waals surface area contributed by atoms with Crippen LogP contribution in [-0.2, 0) is 30.6 Å². The zero-order valence-electron chi connectivity index (χ0n) is 4.82. The van der Waals surface area contributed by atoms with Crippen LogP contribution in [0.2, 0.25) is 0 Å². The monoisotopic (exact) mass is 266 g/mol. The number of Topliss-reactive ketones (excluding diaryl/α,β-unsaturated/α-hetero) is 1. The molecule has 0 amide bonds. The van der Waals surface area contributed by atoms with Crippen molar-refractivity contribution in [1.29, 1.82) is 0 Å². The van der Waals surface area contributed by atoms with Crippen molar-refractivity contribution in [3.05, 3.63) is 0 Å². The van der Waals surface area contributed by atoms with E-state index in [1.807, 2.05) is 6.92 Å². The van der Waals surface area contributed by atoms with Crippen molar-refractivity contribution in [3.8, 4) is 0 Å². The Morgan fingerprint density at radius 1 is 1.57 bits per heavy atom. The van der Waals surface area contributed by atoms with Gasteiger partial charge in [0, 0.05) is 32.3 Å². The van der Waals surface area contributed by atoms with Crippen molar-refractivity contribution in [2.24, 2.45) is 0 Å². The van der Waals surface area contributed by atoms with Crippen LogP contribution < -0.4 is 0 Å². The van der Waals surface area contributed by atoms with Crippen molar-refractivity contribution < 1.29 is 30.6 Å². The predicted molar refractivity (Wildman–Crippen MR) is 25.6 cm³/mol. The molecule has 0 spiro atoms. The Hall–Kier alpha value is 0.540. The van der Waals surface area contributed by atoms with Gasteiger partial charge in [0.25, 0.3) is 0 Å². The maximum Gasteiger partial charge on any atom is 0.129 e. The molecule has 0 aliphatic rings. The van der Waals surface area contributed by atoms with Crippen molar-refractivity contribution in [2.75, 3.05) is 0 Å². The molecular formula is C5H10HfO. The van der Waals surface area contributed by atoms with E-state index in [0.29, 0.717) is 0 Å². The molecule has 0 heterocycles. The predicted octanol–water partition coefficient (Wildman–Crippen LogP) is 1.37. The Morgan fingerprint density at radius 3 is 2.00 bits per heavy atom. The molecule has 0 aliphatic carbocycles. The molecule has 0 fully saturated rings. The largest absolute Gasteiger partial charge is 0.300 e. The van der Waals surface area contributed by atoms with Crippen LogP contribution in [-0.4, -0.2) is 5.78 Å². The van der Waals surface area contributed by atoms with Crippen molar-refractivity contribution in [1.82, 2.24) is 0 Å². The minimum Gasteiger partial charge on any atom is -0.300 e. The smallest absolute Gasteiger partial charge is 0.129 e. The van der Waals surface area contributed by atoms with Crippen LogP contribution in [0, 0.1) is 0 Å². The second-order valence-electron chi connectivity index (χ2n) is 1.45. The van der Waals surface area contributed by atoms with Crippen LogP contribution in [0.1, 0.15) is 26.7 Å². The first-order valence-electron chi connectivity index (χ1n) is 2.26. The summed E-state index contributed by atoms with van der Waals surface area (Å²) in [6, 6.07) is 0. The summed E-state index contributed by atoms with van der Waals surface area (Å²) in [5.41, 5.74) is 0. The van der Waals surface area contributed by atoms with E-state index in [1.54, 1.807) is 6.92 Å². The van der Waals surface area contributed by atoms with E-state index in [2.05, 4.69) is 0 Å².